The first-order valence-electron chi connectivity index (χ1n) is 7.58. The molecule has 0 spiro atoms. The van der Waals surface area contributed by atoms with Gasteiger partial charge in [-0.2, -0.15) is 0 Å². The van der Waals surface area contributed by atoms with E-state index in [-0.39, 0.29) is 5.60 Å². The minimum Gasteiger partial charge on any atom is -0.488 e. The summed E-state index contributed by atoms with van der Waals surface area (Å²) in [6.07, 6.45) is 2.03. The molecule has 2 aromatic carbocycles. The molecular weight excluding hydrogens is 276 g/mol. The van der Waals surface area contributed by atoms with E-state index in [0.29, 0.717) is 0 Å². The fraction of sp³-hybridized carbons (Fsp3) is 0.368. The predicted octanol–water partition coefficient (Wildman–Crippen LogP) is 6.10. The Morgan fingerprint density at radius 2 is 1.33 bits per heavy atom. The minimum absolute atomic E-state index is 0.0639. The maximum atomic E-state index is 6.11. The Balaban J connectivity index is 2.03. The van der Waals surface area contributed by atoms with Gasteiger partial charge in [-0.25, -0.2) is 0 Å². The fourth-order valence-electron chi connectivity index (χ4n) is 2.00. The highest BCUT2D eigenvalue weighted by molar-refractivity contribution is 7.99. The molecule has 0 aliphatic rings. The molecule has 2 aromatic rings. The third kappa shape index (κ3) is 4.53. The van der Waals surface area contributed by atoms with Gasteiger partial charge in [-0.3, -0.25) is 0 Å². The highest BCUT2D eigenvalue weighted by Gasteiger charge is 2.21. The Kier molecular flexibility index (Phi) is 5.35. The maximum Gasteiger partial charge on any atom is 0.120 e. The molecule has 0 N–H and O–H groups in total. The molecule has 21 heavy (non-hydrogen) atoms. The number of hydrogen-bond donors (Lipinski definition) is 0. The Morgan fingerprint density at radius 3 is 1.81 bits per heavy atom. The summed E-state index contributed by atoms with van der Waals surface area (Å²) in [6, 6.07) is 17.0. The lowest BCUT2D eigenvalue weighted by atomic mass is 10.00. The lowest BCUT2D eigenvalue weighted by Crippen LogP contribution is -2.30. The molecule has 2 rings (SSSR count). The monoisotopic (exact) mass is 300 g/mol. The largest absolute Gasteiger partial charge is 0.488 e. The number of rotatable bonds is 6. The highest BCUT2D eigenvalue weighted by atomic mass is 32.2. The first kappa shape index (κ1) is 16.0. The topological polar surface area (TPSA) is 9.23 Å². The van der Waals surface area contributed by atoms with E-state index in [1.807, 2.05) is 0 Å². The van der Waals surface area contributed by atoms with Crippen molar-refractivity contribution in [3.63, 3.8) is 0 Å². The van der Waals surface area contributed by atoms with Crippen molar-refractivity contribution in [2.75, 3.05) is 0 Å². The average molecular weight is 300 g/mol. The summed E-state index contributed by atoms with van der Waals surface area (Å²) in [5, 5.41) is 0. The van der Waals surface area contributed by atoms with Crippen LogP contribution in [-0.2, 0) is 0 Å². The van der Waals surface area contributed by atoms with Crippen LogP contribution in [0.25, 0.3) is 0 Å². The molecule has 0 saturated carbocycles. The Morgan fingerprint density at radius 1 is 0.857 bits per heavy atom. The van der Waals surface area contributed by atoms with Crippen LogP contribution in [0.5, 0.6) is 5.75 Å². The van der Waals surface area contributed by atoms with Gasteiger partial charge < -0.3 is 4.74 Å². The van der Waals surface area contributed by atoms with Crippen molar-refractivity contribution in [2.24, 2.45) is 0 Å². The van der Waals surface area contributed by atoms with Gasteiger partial charge in [0.25, 0.3) is 0 Å². The molecule has 0 aliphatic carbocycles. The molecular formula is C19H24OS. The van der Waals surface area contributed by atoms with Crippen LogP contribution in [0.3, 0.4) is 0 Å². The van der Waals surface area contributed by atoms with Crippen LogP contribution in [0, 0.1) is 6.92 Å². The Labute approximate surface area is 132 Å². The second-order valence-electron chi connectivity index (χ2n) is 5.65. The predicted molar refractivity (Wildman–Crippen MR) is 91.4 cm³/mol. The van der Waals surface area contributed by atoms with Crippen molar-refractivity contribution >= 4 is 11.8 Å². The van der Waals surface area contributed by atoms with Crippen molar-refractivity contribution in [1.82, 2.24) is 0 Å². The van der Waals surface area contributed by atoms with E-state index >= 15 is 0 Å². The Hall–Kier alpha value is -1.41. The summed E-state index contributed by atoms with van der Waals surface area (Å²) in [7, 11) is 0. The van der Waals surface area contributed by atoms with E-state index in [1.54, 1.807) is 11.8 Å². The third-order valence-electron chi connectivity index (χ3n) is 3.94. The van der Waals surface area contributed by atoms with Crippen LogP contribution in [0.15, 0.2) is 58.3 Å². The summed E-state index contributed by atoms with van der Waals surface area (Å²) < 4.78 is 6.11. The van der Waals surface area contributed by atoms with Crippen molar-refractivity contribution in [1.29, 1.82) is 0 Å². The van der Waals surface area contributed by atoms with Crippen molar-refractivity contribution in [3.8, 4) is 5.75 Å². The smallest absolute Gasteiger partial charge is 0.120 e. The van der Waals surface area contributed by atoms with Crippen LogP contribution < -0.4 is 4.74 Å². The molecule has 0 amide bonds. The van der Waals surface area contributed by atoms with E-state index in [9.17, 15) is 0 Å². The van der Waals surface area contributed by atoms with Gasteiger partial charge in [0, 0.05) is 9.79 Å². The van der Waals surface area contributed by atoms with Crippen LogP contribution in [0.1, 0.15) is 39.2 Å². The minimum atomic E-state index is -0.0639. The zero-order chi connectivity index (χ0) is 15.3. The molecule has 1 nitrogen and oxygen atoms in total. The summed E-state index contributed by atoms with van der Waals surface area (Å²) in [6.45, 7) is 8.62. The lowest BCUT2D eigenvalue weighted by molar-refractivity contribution is 0.0802. The normalized spacial score (nSPS) is 11.4. The zero-order valence-electron chi connectivity index (χ0n) is 13.3. The molecule has 0 atom stereocenters. The van der Waals surface area contributed by atoms with Crippen LogP contribution in [0.2, 0.25) is 0 Å². The number of hydrogen-bond acceptors (Lipinski definition) is 2. The molecule has 0 radical (unpaired) electrons. The fourth-order valence-corrected chi connectivity index (χ4v) is 2.81. The molecule has 2 heteroatoms. The zero-order valence-corrected chi connectivity index (χ0v) is 14.2. The van der Waals surface area contributed by atoms with Crippen LogP contribution in [0.4, 0.5) is 0 Å². The van der Waals surface area contributed by atoms with Gasteiger partial charge in [0.15, 0.2) is 0 Å². The third-order valence-corrected chi connectivity index (χ3v) is 4.96. The van der Waals surface area contributed by atoms with Crippen molar-refractivity contribution < 1.29 is 4.74 Å². The van der Waals surface area contributed by atoms with Crippen LogP contribution >= 0.6 is 11.8 Å². The van der Waals surface area contributed by atoms with Crippen LogP contribution in [-0.4, -0.2) is 5.60 Å². The Bertz CT molecular complexity index is 553. The molecule has 0 bridgehead atoms. The number of benzene rings is 2. The molecule has 0 aromatic heterocycles. The van der Waals surface area contributed by atoms with Gasteiger partial charge in [0.2, 0.25) is 0 Å². The summed E-state index contributed by atoms with van der Waals surface area (Å²) in [4.78, 5) is 2.50. The van der Waals surface area contributed by atoms with Crippen molar-refractivity contribution in [3.05, 3.63) is 54.1 Å². The van der Waals surface area contributed by atoms with E-state index in [4.69, 9.17) is 4.74 Å². The molecule has 0 fully saturated rings. The second kappa shape index (κ2) is 7.04. The number of aryl methyl sites for hydroxylation is 1. The van der Waals surface area contributed by atoms with E-state index in [0.717, 1.165) is 18.6 Å². The lowest BCUT2D eigenvalue weighted by Gasteiger charge is -2.28. The molecule has 112 valence electrons. The summed E-state index contributed by atoms with van der Waals surface area (Å²) in [5.74, 6) is 0.953. The quantitative estimate of drug-likeness (QED) is 0.637. The highest BCUT2D eigenvalue weighted by Crippen LogP contribution is 2.30. The van der Waals surface area contributed by atoms with E-state index in [2.05, 4.69) is 76.2 Å². The van der Waals surface area contributed by atoms with E-state index in [1.165, 1.54) is 15.4 Å². The standard InChI is InChI=1S/C19H24OS/c1-5-19(4,6-2)20-16-9-13-18(14-10-16)21-17-11-7-15(3)8-12-17/h7-14H,5-6H2,1-4H3. The first-order valence-corrected chi connectivity index (χ1v) is 8.40. The number of ether oxygens (including phenoxy) is 1. The van der Waals surface area contributed by atoms with E-state index < -0.39 is 0 Å². The first-order chi connectivity index (χ1) is 10.0. The van der Waals surface area contributed by atoms with Gasteiger partial charge in [-0.05, 0) is 63.1 Å². The second-order valence-corrected chi connectivity index (χ2v) is 6.79. The average Bonchev–Trinajstić information content (AvgIpc) is 2.51. The molecule has 0 unspecified atom stereocenters. The van der Waals surface area contributed by atoms with Gasteiger partial charge in [-0.15, -0.1) is 0 Å². The maximum absolute atomic E-state index is 6.11. The molecule has 0 saturated heterocycles. The summed E-state index contributed by atoms with van der Waals surface area (Å²) >= 11 is 1.78. The van der Waals surface area contributed by atoms with Gasteiger partial charge in [0.05, 0.1) is 0 Å². The van der Waals surface area contributed by atoms with Gasteiger partial charge in [0.1, 0.15) is 11.4 Å². The van der Waals surface area contributed by atoms with Gasteiger partial charge in [-0.1, -0.05) is 43.3 Å². The SMILES string of the molecule is CCC(C)(CC)Oc1ccc(Sc2ccc(C)cc2)cc1. The summed E-state index contributed by atoms with van der Waals surface area (Å²) in [5.41, 5.74) is 1.23. The van der Waals surface area contributed by atoms with Gasteiger partial charge >= 0.3 is 0 Å². The molecule has 0 heterocycles. The van der Waals surface area contributed by atoms with Crippen molar-refractivity contribution in [2.45, 2.75) is 55.9 Å². The molecule has 0 aliphatic heterocycles.